The number of benzene rings is 3. The largest absolute Gasteiger partial charge is 0.483 e. The zero-order chi connectivity index (χ0) is 26.9. The molecule has 0 aliphatic carbocycles. The molecule has 0 spiro atoms. The Bertz CT molecular complexity index is 1220. The number of aryl methyl sites for hydroxylation is 1. The second kappa shape index (κ2) is 13.5. The standard InChI is InChI=1S/C30H34Cl2N2O3/c1-5-21(3)33-30(36)27(17-23-11-7-6-8-12-23)34(18-24-14-15-25(31)26(32)16-24)29(35)19-37-28-13-9-10-20(2)22(28)4/h6-16,21,27H,5,17-19H2,1-4H3,(H,33,36)/t21-,27+/m0/s1. The highest BCUT2D eigenvalue weighted by Crippen LogP contribution is 2.25. The van der Waals surface area contributed by atoms with Gasteiger partial charge in [0, 0.05) is 19.0 Å². The van der Waals surface area contributed by atoms with Gasteiger partial charge in [-0.2, -0.15) is 0 Å². The monoisotopic (exact) mass is 540 g/mol. The van der Waals surface area contributed by atoms with E-state index in [0.717, 1.165) is 28.7 Å². The minimum atomic E-state index is -0.749. The molecule has 5 nitrogen and oxygen atoms in total. The molecule has 0 saturated carbocycles. The van der Waals surface area contributed by atoms with Gasteiger partial charge >= 0.3 is 0 Å². The summed E-state index contributed by atoms with van der Waals surface area (Å²) in [5.41, 5.74) is 3.77. The first-order chi connectivity index (χ1) is 17.7. The molecule has 0 fully saturated rings. The number of carbonyl (C=O) groups is 2. The zero-order valence-corrected chi connectivity index (χ0v) is 23.3. The van der Waals surface area contributed by atoms with E-state index in [1.54, 1.807) is 17.0 Å². The molecule has 0 bridgehead atoms. The number of ether oxygens (including phenoxy) is 1. The maximum Gasteiger partial charge on any atom is 0.261 e. The maximum atomic E-state index is 13.7. The third-order valence-electron chi connectivity index (χ3n) is 6.52. The summed E-state index contributed by atoms with van der Waals surface area (Å²) in [6, 6.07) is 19.9. The van der Waals surface area contributed by atoms with Gasteiger partial charge < -0.3 is 15.0 Å². The minimum absolute atomic E-state index is 0.0288. The molecule has 0 aliphatic heterocycles. The molecular weight excluding hydrogens is 507 g/mol. The lowest BCUT2D eigenvalue weighted by Crippen LogP contribution is -2.53. The summed E-state index contributed by atoms with van der Waals surface area (Å²) in [7, 11) is 0. The molecule has 0 radical (unpaired) electrons. The molecule has 1 N–H and O–H groups in total. The van der Waals surface area contributed by atoms with Crippen molar-refractivity contribution in [3.63, 3.8) is 0 Å². The number of hydrogen-bond donors (Lipinski definition) is 1. The smallest absolute Gasteiger partial charge is 0.261 e. The van der Waals surface area contributed by atoms with Crippen molar-refractivity contribution < 1.29 is 14.3 Å². The van der Waals surface area contributed by atoms with Gasteiger partial charge in [-0.25, -0.2) is 0 Å². The molecule has 3 aromatic rings. The van der Waals surface area contributed by atoms with E-state index in [0.29, 0.717) is 22.2 Å². The maximum absolute atomic E-state index is 13.7. The van der Waals surface area contributed by atoms with Crippen molar-refractivity contribution in [2.75, 3.05) is 6.61 Å². The van der Waals surface area contributed by atoms with Crippen LogP contribution in [0.4, 0.5) is 0 Å². The van der Waals surface area contributed by atoms with Crippen molar-refractivity contribution in [2.45, 2.75) is 59.2 Å². The van der Waals surface area contributed by atoms with Crippen LogP contribution in [0, 0.1) is 13.8 Å². The first kappa shape index (κ1) is 28.5. The van der Waals surface area contributed by atoms with Crippen molar-refractivity contribution in [1.82, 2.24) is 10.2 Å². The van der Waals surface area contributed by atoms with Crippen LogP contribution in [0.25, 0.3) is 0 Å². The van der Waals surface area contributed by atoms with Gasteiger partial charge in [0.25, 0.3) is 5.91 Å². The van der Waals surface area contributed by atoms with Crippen LogP contribution in [-0.4, -0.2) is 35.4 Å². The predicted octanol–water partition coefficient (Wildman–Crippen LogP) is 6.54. The molecule has 196 valence electrons. The fourth-order valence-electron chi connectivity index (χ4n) is 3.93. The Morgan fingerprint density at radius 2 is 1.68 bits per heavy atom. The second-order valence-corrected chi connectivity index (χ2v) is 10.1. The van der Waals surface area contributed by atoms with Gasteiger partial charge in [-0.1, -0.05) is 78.7 Å². The van der Waals surface area contributed by atoms with Gasteiger partial charge in [0.1, 0.15) is 11.8 Å². The van der Waals surface area contributed by atoms with Crippen LogP contribution in [-0.2, 0) is 22.6 Å². The van der Waals surface area contributed by atoms with E-state index < -0.39 is 6.04 Å². The molecule has 2 amide bonds. The quantitative estimate of drug-likeness (QED) is 0.300. The van der Waals surface area contributed by atoms with Crippen LogP contribution in [0.3, 0.4) is 0 Å². The summed E-state index contributed by atoms with van der Waals surface area (Å²) in [6.45, 7) is 7.89. The van der Waals surface area contributed by atoms with E-state index >= 15 is 0 Å². The number of hydrogen-bond acceptors (Lipinski definition) is 3. The van der Waals surface area contributed by atoms with Gasteiger partial charge in [-0.05, 0) is 67.6 Å². The van der Waals surface area contributed by atoms with Crippen LogP contribution >= 0.6 is 23.2 Å². The molecule has 7 heteroatoms. The van der Waals surface area contributed by atoms with E-state index in [1.165, 1.54) is 0 Å². The number of halogens is 2. The Hall–Kier alpha value is -3.02. The number of carbonyl (C=O) groups excluding carboxylic acids is 2. The Labute approximate surface area is 229 Å². The van der Waals surface area contributed by atoms with E-state index in [-0.39, 0.29) is 31.0 Å². The topological polar surface area (TPSA) is 58.6 Å². The van der Waals surface area contributed by atoms with Crippen molar-refractivity contribution in [2.24, 2.45) is 0 Å². The van der Waals surface area contributed by atoms with Gasteiger partial charge in [0.2, 0.25) is 5.91 Å². The Morgan fingerprint density at radius 3 is 2.35 bits per heavy atom. The molecule has 3 aromatic carbocycles. The molecule has 3 rings (SSSR count). The average Bonchev–Trinajstić information content (AvgIpc) is 2.89. The van der Waals surface area contributed by atoms with E-state index in [1.807, 2.05) is 82.3 Å². The van der Waals surface area contributed by atoms with E-state index in [4.69, 9.17) is 27.9 Å². The number of rotatable bonds is 11. The summed E-state index contributed by atoms with van der Waals surface area (Å²) in [6.07, 6.45) is 1.14. The molecular formula is C30H34Cl2N2O3. The summed E-state index contributed by atoms with van der Waals surface area (Å²) in [5, 5.41) is 3.88. The predicted molar refractivity (Wildman–Crippen MR) is 150 cm³/mol. The lowest BCUT2D eigenvalue weighted by molar-refractivity contribution is -0.143. The van der Waals surface area contributed by atoms with E-state index in [2.05, 4.69) is 5.32 Å². The first-order valence-corrected chi connectivity index (χ1v) is 13.2. The fourth-order valence-corrected chi connectivity index (χ4v) is 4.25. The molecule has 0 aromatic heterocycles. The molecule has 37 heavy (non-hydrogen) atoms. The lowest BCUT2D eigenvalue weighted by Gasteiger charge is -2.32. The third kappa shape index (κ3) is 7.98. The minimum Gasteiger partial charge on any atom is -0.483 e. The second-order valence-electron chi connectivity index (χ2n) is 9.28. The van der Waals surface area contributed by atoms with Crippen LogP contribution < -0.4 is 10.1 Å². The van der Waals surface area contributed by atoms with Crippen molar-refractivity contribution in [3.05, 3.63) is 99.0 Å². The van der Waals surface area contributed by atoms with Gasteiger partial charge in [-0.15, -0.1) is 0 Å². The lowest BCUT2D eigenvalue weighted by atomic mass is 10.0. The summed E-state index contributed by atoms with van der Waals surface area (Å²) in [5.74, 6) is 0.136. The van der Waals surface area contributed by atoms with Gasteiger partial charge in [0.05, 0.1) is 10.0 Å². The van der Waals surface area contributed by atoms with Crippen molar-refractivity contribution in [3.8, 4) is 5.75 Å². The highest BCUT2D eigenvalue weighted by molar-refractivity contribution is 6.42. The highest BCUT2D eigenvalue weighted by Gasteiger charge is 2.31. The third-order valence-corrected chi connectivity index (χ3v) is 7.25. The number of nitrogens with zero attached hydrogens (tertiary/aromatic N) is 1. The van der Waals surface area contributed by atoms with Crippen molar-refractivity contribution in [1.29, 1.82) is 0 Å². The molecule has 0 saturated heterocycles. The summed E-state index contributed by atoms with van der Waals surface area (Å²) >= 11 is 12.4. The summed E-state index contributed by atoms with van der Waals surface area (Å²) in [4.78, 5) is 28.9. The molecule has 0 unspecified atom stereocenters. The number of amides is 2. The first-order valence-electron chi connectivity index (χ1n) is 12.5. The average molecular weight is 542 g/mol. The van der Waals surface area contributed by atoms with Crippen LogP contribution in [0.5, 0.6) is 5.75 Å². The normalized spacial score (nSPS) is 12.5. The molecule has 0 heterocycles. The van der Waals surface area contributed by atoms with Crippen molar-refractivity contribution >= 4 is 35.0 Å². The van der Waals surface area contributed by atoms with Gasteiger partial charge in [-0.3, -0.25) is 9.59 Å². The number of nitrogens with one attached hydrogen (secondary N) is 1. The van der Waals surface area contributed by atoms with Crippen LogP contribution in [0.2, 0.25) is 10.0 Å². The highest BCUT2D eigenvalue weighted by atomic mass is 35.5. The zero-order valence-electron chi connectivity index (χ0n) is 21.8. The Morgan fingerprint density at radius 1 is 0.946 bits per heavy atom. The Kier molecular flexibility index (Phi) is 10.4. The van der Waals surface area contributed by atoms with Crippen LogP contribution in [0.15, 0.2) is 66.7 Å². The summed E-state index contributed by atoms with van der Waals surface area (Å²) < 4.78 is 5.95. The fraction of sp³-hybridized carbons (Fsp3) is 0.333. The molecule has 0 aliphatic rings. The van der Waals surface area contributed by atoms with Gasteiger partial charge in [0.15, 0.2) is 6.61 Å². The molecule has 2 atom stereocenters. The SMILES string of the molecule is CC[C@H](C)NC(=O)[C@@H](Cc1ccccc1)N(Cc1ccc(Cl)c(Cl)c1)C(=O)COc1cccc(C)c1C. The Balaban J connectivity index is 1.95. The van der Waals surface area contributed by atoms with E-state index in [9.17, 15) is 9.59 Å². The van der Waals surface area contributed by atoms with Crippen LogP contribution in [0.1, 0.15) is 42.5 Å².